The Labute approximate surface area is 75.2 Å². The van der Waals surface area contributed by atoms with Crippen molar-refractivity contribution in [1.29, 1.82) is 0 Å². The lowest BCUT2D eigenvalue weighted by Gasteiger charge is -1.98. The van der Waals surface area contributed by atoms with Crippen LogP contribution in [0, 0.1) is 0 Å². The van der Waals surface area contributed by atoms with Crippen molar-refractivity contribution in [1.82, 2.24) is 0 Å². The fourth-order valence-electron chi connectivity index (χ4n) is 1.48. The van der Waals surface area contributed by atoms with Gasteiger partial charge in [-0.3, -0.25) is 4.79 Å². The van der Waals surface area contributed by atoms with Gasteiger partial charge in [0.1, 0.15) is 6.10 Å². The van der Waals surface area contributed by atoms with Crippen molar-refractivity contribution in [3.63, 3.8) is 0 Å². The molecule has 0 aromatic carbocycles. The van der Waals surface area contributed by atoms with Crippen LogP contribution in [0.4, 0.5) is 0 Å². The van der Waals surface area contributed by atoms with E-state index in [1.807, 2.05) is 24.4 Å². The van der Waals surface area contributed by atoms with E-state index in [1.54, 1.807) is 11.3 Å². The second-order valence-electron chi connectivity index (χ2n) is 3.05. The smallest absolute Gasteiger partial charge is 0.314 e. The predicted molar refractivity (Wildman–Crippen MR) is 47.2 cm³/mol. The summed E-state index contributed by atoms with van der Waals surface area (Å²) in [7, 11) is 0. The molecular formula is C9H10O2S. The lowest BCUT2D eigenvalue weighted by Crippen LogP contribution is -2.03. The second kappa shape index (κ2) is 2.90. The standard InChI is InChI=1S/C9H10O2S/c1-6-5-7(9(10)11-6)8-3-2-4-12-8/h2-4,6-7H,5H2,1H3/t6-,7-/m0/s1. The number of ether oxygens (including phenoxy) is 1. The van der Waals surface area contributed by atoms with Gasteiger partial charge in [-0.1, -0.05) is 6.07 Å². The highest BCUT2D eigenvalue weighted by atomic mass is 32.1. The molecule has 0 spiro atoms. The van der Waals surface area contributed by atoms with Crippen molar-refractivity contribution >= 4 is 17.3 Å². The number of carbonyl (C=O) groups excluding carboxylic acids is 1. The molecule has 2 heterocycles. The van der Waals surface area contributed by atoms with E-state index in [-0.39, 0.29) is 18.0 Å². The molecular weight excluding hydrogens is 172 g/mol. The fraction of sp³-hybridized carbons (Fsp3) is 0.444. The second-order valence-corrected chi connectivity index (χ2v) is 4.03. The van der Waals surface area contributed by atoms with Gasteiger partial charge in [-0.05, 0) is 18.4 Å². The first-order valence-electron chi connectivity index (χ1n) is 4.01. The van der Waals surface area contributed by atoms with Crippen LogP contribution in [0.1, 0.15) is 24.1 Å². The van der Waals surface area contributed by atoms with Gasteiger partial charge in [0.05, 0.1) is 5.92 Å². The van der Waals surface area contributed by atoms with Crippen LogP contribution in [0.2, 0.25) is 0 Å². The molecule has 1 aromatic rings. The minimum atomic E-state index is -0.0649. The number of carbonyl (C=O) groups is 1. The van der Waals surface area contributed by atoms with Crippen LogP contribution in [0.3, 0.4) is 0 Å². The summed E-state index contributed by atoms with van der Waals surface area (Å²) in [4.78, 5) is 12.4. The number of rotatable bonds is 1. The number of hydrogen-bond acceptors (Lipinski definition) is 3. The Morgan fingerprint density at radius 3 is 3.00 bits per heavy atom. The third-order valence-corrected chi connectivity index (χ3v) is 3.04. The number of cyclic esters (lactones) is 1. The Kier molecular flexibility index (Phi) is 1.89. The molecule has 0 amide bonds. The van der Waals surface area contributed by atoms with Crippen LogP contribution in [-0.4, -0.2) is 12.1 Å². The molecule has 2 atom stereocenters. The van der Waals surface area contributed by atoms with Crippen molar-refractivity contribution in [2.45, 2.75) is 25.4 Å². The van der Waals surface area contributed by atoms with E-state index in [1.165, 1.54) is 0 Å². The maximum Gasteiger partial charge on any atom is 0.314 e. The summed E-state index contributed by atoms with van der Waals surface area (Å²) in [6.07, 6.45) is 0.920. The average molecular weight is 182 g/mol. The highest BCUT2D eigenvalue weighted by Gasteiger charge is 2.33. The minimum absolute atomic E-state index is 0.000000000000000222. The lowest BCUT2D eigenvalue weighted by molar-refractivity contribution is -0.141. The van der Waals surface area contributed by atoms with E-state index in [4.69, 9.17) is 4.74 Å². The van der Waals surface area contributed by atoms with Crippen LogP contribution < -0.4 is 0 Å². The normalized spacial score (nSPS) is 28.9. The van der Waals surface area contributed by atoms with Gasteiger partial charge in [0.25, 0.3) is 0 Å². The third-order valence-electron chi connectivity index (χ3n) is 2.06. The molecule has 1 saturated heterocycles. The van der Waals surface area contributed by atoms with Gasteiger partial charge in [-0.15, -0.1) is 11.3 Å². The number of thiophene rings is 1. The maximum atomic E-state index is 11.3. The molecule has 0 aliphatic carbocycles. The average Bonchev–Trinajstić information content (AvgIpc) is 2.58. The SMILES string of the molecule is C[C@H]1C[C@@H](c2cccs2)C(=O)O1. The van der Waals surface area contributed by atoms with Crippen molar-refractivity contribution in [3.05, 3.63) is 22.4 Å². The molecule has 0 unspecified atom stereocenters. The third kappa shape index (κ3) is 1.25. The summed E-state index contributed by atoms with van der Waals surface area (Å²) < 4.78 is 5.07. The van der Waals surface area contributed by atoms with E-state index in [0.29, 0.717) is 0 Å². The van der Waals surface area contributed by atoms with Crippen molar-refractivity contribution < 1.29 is 9.53 Å². The molecule has 12 heavy (non-hydrogen) atoms. The Hall–Kier alpha value is -0.830. The summed E-state index contributed by atoms with van der Waals surface area (Å²) in [6, 6.07) is 3.96. The molecule has 1 aliphatic rings. The van der Waals surface area contributed by atoms with Crippen LogP contribution in [0.5, 0.6) is 0 Å². The van der Waals surface area contributed by atoms with Crippen molar-refractivity contribution in [3.8, 4) is 0 Å². The van der Waals surface area contributed by atoms with E-state index in [0.717, 1.165) is 11.3 Å². The zero-order chi connectivity index (χ0) is 8.55. The van der Waals surface area contributed by atoms with Crippen LogP contribution in [0.25, 0.3) is 0 Å². The number of esters is 1. The van der Waals surface area contributed by atoms with Crippen molar-refractivity contribution in [2.24, 2.45) is 0 Å². The first kappa shape index (κ1) is 7.80. The monoisotopic (exact) mass is 182 g/mol. The van der Waals surface area contributed by atoms with E-state index in [9.17, 15) is 4.79 Å². The summed E-state index contributed by atoms with van der Waals surface area (Å²) in [5, 5.41) is 1.99. The van der Waals surface area contributed by atoms with E-state index >= 15 is 0 Å². The zero-order valence-electron chi connectivity index (χ0n) is 6.82. The molecule has 0 saturated carbocycles. The van der Waals surface area contributed by atoms with Gasteiger partial charge in [-0.2, -0.15) is 0 Å². The fourth-order valence-corrected chi connectivity index (χ4v) is 2.31. The lowest BCUT2D eigenvalue weighted by atomic mass is 10.0. The summed E-state index contributed by atoms with van der Waals surface area (Å²) in [5.74, 6) is -0.0649. The first-order chi connectivity index (χ1) is 5.77. The Bertz CT molecular complexity index is 279. The summed E-state index contributed by atoms with van der Waals surface area (Å²) >= 11 is 1.63. The van der Waals surface area contributed by atoms with Gasteiger partial charge >= 0.3 is 5.97 Å². The molecule has 0 radical (unpaired) electrons. The molecule has 2 rings (SSSR count). The van der Waals surface area contributed by atoms with Gasteiger partial charge in [0.15, 0.2) is 0 Å². The van der Waals surface area contributed by atoms with Gasteiger partial charge < -0.3 is 4.74 Å². The number of hydrogen-bond donors (Lipinski definition) is 0. The highest BCUT2D eigenvalue weighted by Crippen LogP contribution is 2.32. The molecule has 1 aromatic heterocycles. The first-order valence-corrected chi connectivity index (χ1v) is 4.89. The molecule has 0 N–H and O–H groups in total. The van der Waals surface area contributed by atoms with Crippen LogP contribution >= 0.6 is 11.3 Å². The quantitative estimate of drug-likeness (QED) is 0.622. The minimum Gasteiger partial charge on any atom is -0.462 e. The Balaban J connectivity index is 2.21. The maximum absolute atomic E-state index is 11.3. The Morgan fingerprint density at radius 2 is 2.50 bits per heavy atom. The predicted octanol–water partition coefficient (Wildman–Crippen LogP) is 2.17. The van der Waals surface area contributed by atoms with Gasteiger partial charge in [0, 0.05) is 11.3 Å². The molecule has 0 bridgehead atoms. The van der Waals surface area contributed by atoms with Crippen LogP contribution in [0.15, 0.2) is 17.5 Å². The van der Waals surface area contributed by atoms with E-state index in [2.05, 4.69) is 0 Å². The van der Waals surface area contributed by atoms with Crippen LogP contribution in [-0.2, 0) is 9.53 Å². The van der Waals surface area contributed by atoms with Crippen molar-refractivity contribution in [2.75, 3.05) is 0 Å². The topological polar surface area (TPSA) is 26.3 Å². The highest BCUT2D eigenvalue weighted by molar-refractivity contribution is 7.10. The molecule has 1 aliphatic heterocycles. The summed E-state index contributed by atoms with van der Waals surface area (Å²) in [6.45, 7) is 1.94. The zero-order valence-corrected chi connectivity index (χ0v) is 7.64. The summed E-state index contributed by atoms with van der Waals surface area (Å²) in [5.41, 5.74) is 0. The molecule has 2 nitrogen and oxygen atoms in total. The molecule has 3 heteroatoms. The largest absolute Gasteiger partial charge is 0.462 e. The molecule has 64 valence electrons. The van der Waals surface area contributed by atoms with Gasteiger partial charge in [-0.25, -0.2) is 0 Å². The molecule has 1 fully saturated rings. The Morgan fingerprint density at radius 1 is 1.67 bits per heavy atom. The van der Waals surface area contributed by atoms with E-state index < -0.39 is 0 Å². The van der Waals surface area contributed by atoms with Gasteiger partial charge in [0.2, 0.25) is 0 Å².